The summed E-state index contributed by atoms with van der Waals surface area (Å²) >= 11 is 0. The zero-order chi connectivity index (χ0) is 21.8. The second kappa shape index (κ2) is 9.56. The molecular formula is C24H29FN4O2. The molecule has 31 heavy (non-hydrogen) atoms. The third-order valence-electron chi connectivity index (χ3n) is 6.34. The van der Waals surface area contributed by atoms with Crippen molar-refractivity contribution in [2.45, 2.75) is 44.7 Å². The van der Waals surface area contributed by atoms with Gasteiger partial charge in [-0.3, -0.25) is 14.6 Å². The molecule has 2 aliphatic rings. The Balaban J connectivity index is 1.29. The van der Waals surface area contributed by atoms with Crippen LogP contribution < -0.4 is 10.6 Å². The van der Waals surface area contributed by atoms with E-state index in [1.807, 2.05) is 4.90 Å². The van der Waals surface area contributed by atoms with Crippen LogP contribution in [0.5, 0.6) is 0 Å². The van der Waals surface area contributed by atoms with E-state index >= 15 is 0 Å². The van der Waals surface area contributed by atoms with Gasteiger partial charge in [-0.25, -0.2) is 4.39 Å². The number of nitrogens with zero attached hydrogens (tertiary/aromatic N) is 2. The molecule has 1 aliphatic heterocycles. The number of hydrogen-bond donors (Lipinski definition) is 2. The van der Waals surface area contributed by atoms with E-state index in [1.165, 1.54) is 18.3 Å². The standard InChI is InChI=1S/C24H29FN4O2/c1-16-14-26-11-12-29(16)24(31)17-5-8-21(9-6-17)28-23(30)19-7-10-22(27-15-19)18-3-2-4-20(25)13-18/h2-4,7,10,13,15-17,21,26H,5-6,8-9,11-12,14H2,1H3,(H,28,30)/t16-,17?,21?/m1/s1. The molecule has 0 bridgehead atoms. The Labute approximate surface area is 182 Å². The summed E-state index contributed by atoms with van der Waals surface area (Å²) in [5, 5.41) is 6.40. The largest absolute Gasteiger partial charge is 0.349 e. The van der Waals surface area contributed by atoms with Gasteiger partial charge in [-0.15, -0.1) is 0 Å². The highest BCUT2D eigenvalue weighted by Gasteiger charge is 2.32. The van der Waals surface area contributed by atoms with Gasteiger partial charge in [-0.2, -0.15) is 0 Å². The van der Waals surface area contributed by atoms with Crippen LogP contribution in [0.2, 0.25) is 0 Å². The van der Waals surface area contributed by atoms with Crippen molar-refractivity contribution in [2.75, 3.05) is 19.6 Å². The van der Waals surface area contributed by atoms with E-state index in [9.17, 15) is 14.0 Å². The molecule has 7 heteroatoms. The van der Waals surface area contributed by atoms with Crippen molar-refractivity contribution in [3.05, 3.63) is 54.0 Å². The van der Waals surface area contributed by atoms with E-state index in [4.69, 9.17) is 0 Å². The first-order chi connectivity index (χ1) is 15.0. The Bertz CT molecular complexity index is 925. The molecule has 2 aromatic rings. The van der Waals surface area contributed by atoms with E-state index < -0.39 is 0 Å². The molecule has 2 fully saturated rings. The molecule has 1 saturated carbocycles. The first-order valence-corrected chi connectivity index (χ1v) is 11.1. The molecule has 2 amide bonds. The van der Waals surface area contributed by atoms with Crippen molar-refractivity contribution in [2.24, 2.45) is 5.92 Å². The van der Waals surface area contributed by atoms with Gasteiger partial charge in [0, 0.05) is 49.4 Å². The molecule has 0 unspecified atom stereocenters. The second-order valence-corrected chi connectivity index (χ2v) is 8.55. The van der Waals surface area contributed by atoms with E-state index in [0.29, 0.717) is 16.8 Å². The summed E-state index contributed by atoms with van der Waals surface area (Å²) in [5.41, 5.74) is 1.78. The van der Waals surface area contributed by atoms with Crippen molar-refractivity contribution in [1.82, 2.24) is 20.5 Å². The molecule has 0 spiro atoms. The SMILES string of the molecule is C[C@@H]1CNCCN1C(=O)C1CCC(NC(=O)c2ccc(-c3cccc(F)c3)nc2)CC1. The van der Waals surface area contributed by atoms with E-state index in [1.54, 1.807) is 24.3 Å². The number of carbonyl (C=O) groups is 2. The maximum atomic E-state index is 13.4. The molecular weight excluding hydrogens is 395 g/mol. The van der Waals surface area contributed by atoms with E-state index in [2.05, 4.69) is 22.5 Å². The number of nitrogens with one attached hydrogen (secondary N) is 2. The Hall–Kier alpha value is -2.80. The average Bonchev–Trinajstić information content (AvgIpc) is 2.79. The van der Waals surface area contributed by atoms with Crippen LogP contribution in [0.4, 0.5) is 4.39 Å². The van der Waals surface area contributed by atoms with Crippen LogP contribution in [0.1, 0.15) is 43.0 Å². The molecule has 1 aliphatic carbocycles. The van der Waals surface area contributed by atoms with Crippen LogP contribution >= 0.6 is 0 Å². The first-order valence-electron chi connectivity index (χ1n) is 11.1. The summed E-state index contributed by atoms with van der Waals surface area (Å²) in [5.74, 6) is -0.165. The van der Waals surface area contributed by atoms with Gasteiger partial charge >= 0.3 is 0 Å². The third-order valence-corrected chi connectivity index (χ3v) is 6.34. The Morgan fingerprint density at radius 2 is 1.97 bits per heavy atom. The number of halogens is 1. The Morgan fingerprint density at radius 3 is 2.65 bits per heavy atom. The molecule has 164 valence electrons. The fourth-order valence-electron chi connectivity index (χ4n) is 4.50. The maximum absolute atomic E-state index is 13.4. The van der Waals surface area contributed by atoms with Gasteiger partial charge in [0.1, 0.15) is 5.82 Å². The van der Waals surface area contributed by atoms with Crippen LogP contribution in [-0.4, -0.2) is 53.4 Å². The zero-order valence-corrected chi connectivity index (χ0v) is 17.8. The lowest BCUT2D eigenvalue weighted by Crippen LogP contribution is -2.54. The van der Waals surface area contributed by atoms with Gasteiger partial charge in [0.15, 0.2) is 0 Å². The van der Waals surface area contributed by atoms with Crippen molar-refractivity contribution in [3.8, 4) is 11.3 Å². The van der Waals surface area contributed by atoms with Crippen LogP contribution in [-0.2, 0) is 4.79 Å². The van der Waals surface area contributed by atoms with Gasteiger partial charge < -0.3 is 15.5 Å². The summed E-state index contributed by atoms with van der Waals surface area (Å²) in [6.07, 6.45) is 4.74. The maximum Gasteiger partial charge on any atom is 0.253 e. The second-order valence-electron chi connectivity index (χ2n) is 8.55. The molecule has 6 nitrogen and oxygen atoms in total. The highest BCUT2D eigenvalue weighted by Crippen LogP contribution is 2.27. The van der Waals surface area contributed by atoms with Crippen LogP contribution in [0.15, 0.2) is 42.6 Å². The monoisotopic (exact) mass is 424 g/mol. The fourth-order valence-corrected chi connectivity index (χ4v) is 4.50. The Kier molecular flexibility index (Phi) is 6.61. The molecule has 1 saturated heterocycles. The predicted octanol–water partition coefficient (Wildman–Crippen LogP) is 3.00. The molecule has 1 aromatic heterocycles. The minimum atomic E-state index is -0.318. The van der Waals surface area contributed by atoms with Gasteiger partial charge in [-0.1, -0.05) is 12.1 Å². The molecule has 4 rings (SSSR count). The summed E-state index contributed by atoms with van der Waals surface area (Å²) < 4.78 is 13.4. The molecule has 0 radical (unpaired) electrons. The number of rotatable bonds is 4. The van der Waals surface area contributed by atoms with Crippen LogP contribution in [0.25, 0.3) is 11.3 Å². The minimum Gasteiger partial charge on any atom is -0.349 e. The lowest BCUT2D eigenvalue weighted by Gasteiger charge is -2.38. The highest BCUT2D eigenvalue weighted by molar-refractivity contribution is 5.94. The molecule has 1 atom stereocenters. The highest BCUT2D eigenvalue weighted by atomic mass is 19.1. The summed E-state index contributed by atoms with van der Waals surface area (Å²) in [4.78, 5) is 31.8. The fraction of sp³-hybridized carbons (Fsp3) is 0.458. The van der Waals surface area contributed by atoms with Crippen LogP contribution in [0.3, 0.4) is 0 Å². The third kappa shape index (κ3) is 5.10. The smallest absolute Gasteiger partial charge is 0.253 e. The topological polar surface area (TPSA) is 74.3 Å². The number of pyridine rings is 1. The number of benzene rings is 1. The lowest BCUT2D eigenvalue weighted by atomic mass is 9.84. The van der Waals surface area contributed by atoms with Gasteiger partial charge in [0.25, 0.3) is 5.91 Å². The van der Waals surface area contributed by atoms with Crippen LogP contribution in [0, 0.1) is 11.7 Å². The van der Waals surface area contributed by atoms with Gasteiger partial charge in [-0.05, 0) is 56.9 Å². The Morgan fingerprint density at radius 1 is 1.16 bits per heavy atom. The number of aromatic nitrogens is 1. The van der Waals surface area contributed by atoms with E-state index in [-0.39, 0.29) is 35.6 Å². The normalized spacial score (nSPS) is 23.9. The quantitative estimate of drug-likeness (QED) is 0.791. The predicted molar refractivity (Wildman–Crippen MR) is 117 cm³/mol. The van der Waals surface area contributed by atoms with Gasteiger partial charge in [0.05, 0.1) is 11.3 Å². The van der Waals surface area contributed by atoms with Crippen molar-refractivity contribution < 1.29 is 14.0 Å². The number of amides is 2. The molecule has 2 heterocycles. The molecule has 2 N–H and O–H groups in total. The number of hydrogen-bond acceptors (Lipinski definition) is 4. The number of carbonyl (C=O) groups excluding carboxylic acids is 2. The van der Waals surface area contributed by atoms with Crippen molar-refractivity contribution in [3.63, 3.8) is 0 Å². The van der Waals surface area contributed by atoms with E-state index in [0.717, 1.165) is 45.3 Å². The number of piperazine rings is 1. The molecule has 1 aromatic carbocycles. The zero-order valence-electron chi connectivity index (χ0n) is 17.8. The van der Waals surface area contributed by atoms with Crippen molar-refractivity contribution >= 4 is 11.8 Å². The van der Waals surface area contributed by atoms with Crippen molar-refractivity contribution in [1.29, 1.82) is 0 Å². The summed E-state index contributed by atoms with van der Waals surface area (Å²) in [7, 11) is 0. The minimum absolute atomic E-state index is 0.0564. The summed E-state index contributed by atoms with van der Waals surface area (Å²) in [6.45, 7) is 4.56. The summed E-state index contributed by atoms with van der Waals surface area (Å²) in [6, 6.07) is 9.97. The van der Waals surface area contributed by atoms with Gasteiger partial charge in [0.2, 0.25) is 5.91 Å². The first kappa shape index (κ1) is 21.4. The lowest BCUT2D eigenvalue weighted by molar-refractivity contribution is -0.139. The average molecular weight is 425 g/mol.